The van der Waals surface area contributed by atoms with Crippen LogP contribution in [0.15, 0.2) is 140 Å². The molecule has 10 rings (SSSR count). The number of carbonyl (C=O) groups excluding carboxylic acids is 13. The minimum Gasteiger partial charge on any atom is -0.508 e. The summed E-state index contributed by atoms with van der Waals surface area (Å²) in [6, 6.07) is 18.5. The number of amides is 13. The van der Waals surface area contributed by atoms with E-state index in [1.165, 1.54) is 53.1 Å². The third-order valence-corrected chi connectivity index (χ3v) is 22.5. The quantitative estimate of drug-likeness (QED) is 0.0132. The maximum Gasteiger partial charge on any atom is 0.246 e. The number of nitrogens with two attached hydrogens (primary N) is 4. The summed E-state index contributed by atoms with van der Waals surface area (Å²) >= 11 is 0.942. The van der Waals surface area contributed by atoms with E-state index in [0.717, 1.165) is 33.3 Å². The van der Waals surface area contributed by atoms with Crippen LogP contribution in [0, 0.1) is 5.41 Å². The zero-order valence-corrected chi connectivity index (χ0v) is 63.8. The van der Waals surface area contributed by atoms with Gasteiger partial charge in [0.1, 0.15) is 71.9 Å². The summed E-state index contributed by atoms with van der Waals surface area (Å²) in [5.74, 6) is -13.3. The van der Waals surface area contributed by atoms with Crippen molar-refractivity contribution in [1.29, 1.82) is 5.41 Å². The van der Waals surface area contributed by atoms with Crippen LogP contribution in [0.1, 0.15) is 66.8 Å². The number of phenols is 2. The van der Waals surface area contributed by atoms with E-state index in [1.54, 1.807) is 103 Å². The van der Waals surface area contributed by atoms with Crippen molar-refractivity contribution < 1.29 is 72.5 Å². The molecule has 4 saturated heterocycles. The Morgan fingerprint density at radius 2 is 1.21 bits per heavy atom. The van der Waals surface area contributed by atoms with Crippen molar-refractivity contribution in [2.75, 3.05) is 42.6 Å². The molecule has 5 aromatic carbocycles. The number of hydrogen-bond donors (Lipinski definition) is 18. The molecule has 3 unspecified atom stereocenters. The topological polar surface area (TPSA) is 533 Å². The van der Waals surface area contributed by atoms with Crippen LogP contribution in [0.3, 0.4) is 0 Å². The largest absolute Gasteiger partial charge is 0.508 e. The number of guanidine groups is 1. The van der Waals surface area contributed by atoms with Gasteiger partial charge in [-0.2, -0.15) is 0 Å². The van der Waals surface area contributed by atoms with Crippen LogP contribution in [-0.4, -0.2) is 223 Å². The monoisotopic (exact) mass is 1590 g/mol. The number of fused-ring (bicyclic) bond motifs is 29. The lowest BCUT2D eigenvalue weighted by molar-refractivity contribution is -0.142. The number of aromatic amines is 1. The number of para-hydroxylation sites is 1. The molecule has 12 atom stereocenters. The fourth-order valence-electron chi connectivity index (χ4n) is 13.1. The van der Waals surface area contributed by atoms with Gasteiger partial charge in [0, 0.05) is 85.7 Å². The van der Waals surface area contributed by atoms with Crippen LogP contribution in [0.5, 0.6) is 11.5 Å². The van der Waals surface area contributed by atoms with Crippen molar-refractivity contribution in [3.8, 4) is 11.5 Å². The van der Waals surface area contributed by atoms with E-state index in [-0.39, 0.29) is 112 Å². The third kappa shape index (κ3) is 24.8. The molecule has 0 radical (unpaired) electrons. The number of hydrogen-bond acceptors (Lipinski definition) is 20. The first kappa shape index (κ1) is 84.6. The predicted molar refractivity (Wildman–Crippen MR) is 422 cm³/mol. The molecule has 22 N–H and O–H groups in total. The Bertz CT molecular complexity index is 4360. The number of benzene rings is 5. The standard InChI is InChI=1S/C76H94N18O15S3/c1-42-66(100)87-55(32-43-12-4-2-5-13-43)69(103)91-59(72(106)86-54(65(79)99)31-46-22-26-50(96)27-23-46)39-111-112-40-60(92-67(101)52(77)30-45-20-24-49(95)25-21-45)75(109)93-29-11-19-61(93)73(107)88-56(33-44-14-6-3-7-15-44)70(104)90-58-38-110-41-64(98)94(37-48(85-71(58)105)16-10-28-82-76(80)81)62(34-47-36-83-53-18-9-8-17-51(47)53)74(108)89-57(35-63(78)97)68(102)84-42/h2-9,12-15,17-18,20-27,36,42,48,52,54-62,83,95-96H,10-11,16,19,28-35,37-41,77H2,1H3,(H2,78,97)(H2,79,99)(H,84,102)(H,85,105)(H,86,106)(H,87,100)(H,88,107)(H,89,108)(H,90,104)(H,91,103)(H,92,101)(H4,80,81,82)/t42-,48-,52-,54-,55?,56+,57-,58+,59-,60?,61-,62?/m0/s1. The fourth-order valence-corrected chi connectivity index (χ4v) is 16.4. The molecule has 596 valence electrons. The van der Waals surface area contributed by atoms with Gasteiger partial charge in [-0.3, -0.25) is 67.7 Å². The molecule has 4 aliphatic rings. The molecule has 4 fully saturated rings. The zero-order valence-electron chi connectivity index (χ0n) is 61.4. The number of rotatable bonds is 21. The molecule has 2 bridgehead atoms. The van der Waals surface area contributed by atoms with Crippen LogP contribution in [0.4, 0.5) is 0 Å². The van der Waals surface area contributed by atoms with Crippen molar-refractivity contribution in [1.82, 2.24) is 68.0 Å². The van der Waals surface area contributed by atoms with E-state index in [4.69, 9.17) is 28.3 Å². The average Bonchev–Trinajstić information content (AvgIpc) is 1.54. The molecule has 1 aromatic heterocycles. The van der Waals surface area contributed by atoms with Crippen molar-refractivity contribution in [3.05, 3.63) is 167 Å². The first-order valence-electron chi connectivity index (χ1n) is 36.4. The molecule has 5 heterocycles. The summed E-state index contributed by atoms with van der Waals surface area (Å²) in [4.78, 5) is 196. The highest BCUT2D eigenvalue weighted by Gasteiger charge is 2.42. The average molecular weight is 1600 g/mol. The Morgan fingerprint density at radius 3 is 1.84 bits per heavy atom. The van der Waals surface area contributed by atoms with Gasteiger partial charge >= 0.3 is 0 Å². The molecular weight excluding hydrogens is 1500 g/mol. The van der Waals surface area contributed by atoms with E-state index in [2.05, 4.69) is 58.2 Å². The lowest BCUT2D eigenvalue weighted by Gasteiger charge is -2.36. The van der Waals surface area contributed by atoms with Gasteiger partial charge in [-0.1, -0.05) is 125 Å². The Balaban J connectivity index is 1.11. The van der Waals surface area contributed by atoms with Gasteiger partial charge in [0.2, 0.25) is 76.8 Å². The summed E-state index contributed by atoms with van der Waals surface area (Å²) in [6.07, 6.45) is 0.636. The van der Waals surface area contributed by atoms with Gasteiger partial charge < -0.3 is 101 Å². The second-order valence-corrected chi connectivity index (χ2v) is 31.1. The van der Waals surface area contributed by atoms with Gasteiger partial charge in [-0.15, -0.1) is 11.8 Å². The normalized spacial score (nSPS) is 23.0. The second kappa shape index (κ2) is 41.1. The first-order valence-corrected chi connectivity index (χ1v) is 40.1. The minimum atomic E-state index is -1.83. The SMILES string of the molecule is C[C@@H]1NC(=O)[C@H](CC(N)=O)NC(=O)C(Cc2c[nH]c3ccccc23)N2C[C@H](CCCNC(=N)N)NC(=O)[C@@H](CSCC2=O)NC(=O)[C@@H](Cc2ccccc2)NC(=O)[C@@H]2CCCN2C(=O)C(NC(=O)[C@@H](N)Cc2ccc(O)cc2)CSSC[C@@H](C(=O)N[C@@H](Cc2ccc(O)cc2)C(N)=O)NC(=O)C(Cc2ccccc2)NC1=O. The number of H-pyrrole nitrogens is 1. The van der Waals surface area contributed by atoms with Gasteiger partial charge in [0.25, 0.3) is 0 Å². The number of phenolic OH excluding ortho intramolecular Hbond substituents is 2. The Kier molecular flexibility index (Phi) is 31.0. The lowest BCUT2D eigenvalue weighted by Crippen LogP contribution is -2.62. The second-order valence-electron chi connectivity index (χ2n) is 27.5. The summed E-state index contributed by atoms with van der Waals surface area (Å²) in [5.41, 5.74) is 27.1. The number of primary amides is 2. The van der Waals surface area contributed by atoms with Crippen LogP contribution in [0.2, 0.25) is 0 Å². The molecule has 4 aliphatic heterocycles. The number of nitrogens with one attached hydrogen (secondary N) is 12. The van der Waals surface area contributed by atoms with Gasteiger partial charge in [-0.05, 0) is 97.2 Å². The Hall–Kier alpha value is -11.4. The highest BCUT2D eigenvalue weighted by Crippen LogP contribution is 2.28. The molecule has 0 aliphatic carbocycles. The molecule has 33 nitrogen and oxygen atoms in total. The molecule has 36 heteroatoms. The van der Waals surface area contributed by atoms with Crippen LogP contribution in [-0.2, 0) is 94.4 Å². The van der Waals surface area contributed by atoms with Gasteiger partial charge in [-0.25, -0.2) is 0 Å². The van der Waals surface area contributed by atoms with Crippen LogP contribution < -0.4 is 76.1 Å². The van der Waals surface area contributed by atoms with Gasteiger partial charge in [0.05, 0.1) is 18.2 Å². The number of aromatic nitrogens is 1. The molecule has 6 aromatic rings. The molecule has 13 amide bonds. The van der Waals surface area contributed by atoms with E-state index >= 15 is 28.8 Å². The fraction of sp³-hybridized carbons (Fsp3) is 0.395. The van der Waals surface area contributed by atoms with E-state index in [9.17, 15) is 43.8 Å². The number of thioether (sulfide) groups is 1. The zero-order chi connectivity index (χ0) is 80.5. The molecular formula is C76H94N18O15S3. The highest BCUT2D eigenvalue weighted by molar-refractivity contribution is 8.76. The van der Waals surface area contributed by atoms with Crippen molar-refractivity contribution >= 4 is 127 Å². The van der Waals surface area contributed by atoms with E-state index in [1.807, 2.05) is 0 Å². The van der Waals surface area contributed by atoms with Crippen molar-refractivity contribution in [2.45, 2.75) is 144 Å². The maximum atomic E-state index is 15.4. The molecule has 0 saturated carbocycles. The highest BCUT2D eigenvalue weighted by atomic mass is 33.1. The van der Waals surface area contributed by atoms with E-state index < -0.39 is 161 Å². The number of aromatic hydroxyl groups is 2. The van der Waals surface area contributed by atoms with Crippen LogP contribution >= 0.6 is 33.3 Å². The predicted octanol–water partition coefficient (Wildman–Crippen LogP) is -1.24. The van der Waals surface area contributed by atoms with Crippen molar-refractivity contribution in [2.24, 2.45) is 22.9 Å². The Labute approximate surface area is 657 Å². The maximum absolute atomic E-state index is 15.4. The molecule has 112 heavy (non-hydrogen) atoms. The number of nitrogens with zero attached hydrogens (tertiary/aromatic N) is 2. The van der Waals surface area contributed by atoms with Crippen LogP contribution in [0.25, 0.3) is 10.9 Å². The summed E-state index contributed by atoms with van der Waals surface area (Å²) in [6.45, 7) is 0.982. The van der Waals surface area contributed by atoms with Gasteiger partial charge in [0.15, 0.2) is 5.96 Å². The molecule has 0 spiro atoms. The minimum absolute atomic E-state index is 0.00659. The Morgan fingerprint density at radius 1 is 0.616 bits per heavy atom. The first-order chi connectivity index (χ1) is 53.7. The number of carbonyl (C=O) groups is 13. The smallest absolute Gasteiger partial charge is 0.246 e. The summed E-state index contributed by atoms with van der Waals surface area (Å²) < 4.78 is 0. The summed E-state index contributed by atoms with van der Waals surface area (Å²) in [7, 11) is 1.89. The van der Waals surface area contributed by atoms with E-state index in [0.29, 0.717) is 38.7 Å². The summed E-state index contributed by atoms with van der Waals surface area (Å²) in [5, 5.41) is 55.7. The third-order valence-electron chi connectivity index (χ3n) is 19.1. The lowest BCUT2D eigenvalue weighted by atomic mass is 10.00. The van der Waals surface area contributed by atoms with Crippen molar-refractivity contribution in [3.63, 3.8) is 0 Å².